The lowest BCUT2D eigenvalue weighted by Gasteiger charge is -2.33. The minimum atomic E-state index is -0.567. The first kappa shape index (κ1) is 15.0. The van der Waals surface area contributed by atoms with Crippen LogP contribution in [0, 0.1) is 11.6 Å². The van der Waals surface area contributed by atoms with Crippen molar-refractivity contribution in [1.29, 1.82) is 0 Å². The molecule has 1 aromatic rings. The molecule has 5 heteroatoms. The van der Waals surface area contributed by atoms with E-state index in [-0.39, 0.29) is 18.0 Å². The van der Waals surface area contributed by atoms with E-state index in [1.807, 2.05) is 20.8 Å². The number of nitrogens with one attached hydrogen (secondary N) is 1. The maximum absolute atomic E-state index is 13.6. The summed E-state index contributed by atoms with van der Waals surface area (Å²) in [5, 5.41) is 0. The minimum absolute atomic E-state index is 0.257. The Bertz CT molecular complexity index is 397. The lowest BCUT2D eigenvalue weighted by Crippen LogP contribution is -2.52. The fourth-order valence-corrected chi connectivity index (χ4v) is 1.90. The first-order valence-corrected chi connectivity index (χ1v) is 5.94. The average molecular weight is 258 g/mol. The van der Waals surface area contributed by atoms with E-state index in [4.69, 9.17) is 10.6 Å². The molecular formula is C13H20F2N2O. The number of rotatable bonds is 6. The van der Waals surface area contributed by atoms with Gasteiger partial charge in [0, 0.05) is 6.61 Å². The molecule has 3 N–H and O–H groups in total. The Morgan fingerprint density at radius 2 is 2.06 bits per heavy atom. The smallest absolute Gasteiger partial charge is 0.126 e. The van der Waals surface area contributed by atoms with Gasteiger partial charge >= 0.3 is 0 Å². The van der Waals surface area contributed by atoms with Crippen LogP contribution in [0.1, 0.15) is 26.3 Å². The van der Waals surface area contributed by atoms with Gasteiger partial charge in [-0.25, -0.2) is 8.78 Å². The first-order chi connectivity index (χ1) is 8.40. The zero-order chi connectivity index (χ0) is 13.8. The van der Waals surface area contributed by atoms with Crippen molar-refractivity contribution in [3.05, 3.63) is 35.4 Å². The first-order valence-electron chi connectivity index (χ1n) is 5.94. The largest absolute Gasteiger partial charge is 0.374 e. The SMILES string of the molecule is CCOC(C)(C)C(Cc1cc(F)ccc1F)NN. The molecule has 0 fully saturated rings. The molecule has 3 nitrogen and oxygen atoms in total. The highest BCUT2D eigenvalue weighted by Gasteiger charge is 2.30. The van der Waals surface area contributed by atoms with Crippen LogP contribution in [-0.2, 0) is 11.2 Å². The second kappa shape index (κ2) is 6.22. The van der Waals surface area contributed by atoms with Gasteiger partial charge in [-0.05, 0) is 51.0 Å². The van der Waals surface area contributed by atoms with Gasteiger partial charge in [0.25, 0.3) is 0 Å². The van der Waals surface area contributed by atoms with Crippen molar-refractivity contribution in [3.63, 3.8) is 0 Å². The van der Waals surface area contributed by atoms with Gasteiger partial charge in [-0.3, -0.25) is 11.3 Å². The second-order valence-corrected chi connectivity index (χ2v) is 4.70. The van der Waals surface area contributed by atoms with Crippen molar-refractivity contribution in [2.24, 2.45) is 5.84 Å². The summed E-state index contributed by atoms with van der Waals surface area (Å²) in [6.07, 6.45) is 0.257. The van der Waals surface area contributed by atoms with Gasteiger partial charge in [0.1, 0.15) is 11.6 Å². The molecule has 0 heterocycles. The Morgan fingerprint density at radius 3 is 2.61 bits per heavy atom. The lowest BCUT2D eigenvalue weighted by molar-refractivity contribution is -0.0382. The Labute approximate surface area is 106 Å². The second-order valence-electron chi connectivity index (χ2n) is 4.70. The molecule has 18 heavy (non-hydrogen) atoms. The van der Waals surface area contributed by atoms with E-state index < -0.39 is 17.2 Å². The molecule has 0 aliphatic carbocycles. The molecule has 1 aromatic carbocycles. The fraction of sp³-hybridized carbons (Fsp3) is 0.538. The van der Waals surface area contributed by atoms with E-state index >= 15 is 0 Å². The zero-order valence-corrected chi connectivity index (χ0v) is 11.0. The molecule has 1 rings (SSSR count). The van der Waals surface area contributed by atoms with Crippen LogP contribution in [0.4, 0.5) is 8.78 Å². The summed E-state index contributed by atoms with van der Waals surface area (Å²) in [5.74, 6) is 4.58. The molecule has 0 radical (unpaired) electrons. The average Bonchev–Trinajstić information content (AvgIpc) is 2.29. The summed E-state index contributed by atoms with van der Waals surface area (Å²) in [6, 6.07) is 3.08. The number of hydrazine groups is 1. The number of benzene rings is 1. The highest BCUT2D eigenvalue weighted by molar-refractivity contribution is 5.20. The Kier molecular flexibility index (Phi) is 5.19. The van der Waals surface area contributed by atoms with Crippen LogP contribution in [0.2, 0.25) is 0 Å². The number of nitrogens with two attached hydrogens (primary N) is 1. The standard InChI is InChI=1S/C13H20F2N2O/c1-4-18-13(2,3)12(17-16)8-9-7-10(14)5-6-11(9)15/h5-7,12,17H,4,8,16H2,1-3H3. The van der Waals surface area contributed by atoms with Gasteiger partial charge in [-0.15, -0.1) is 0 Å². The molecule has 0 saturated carbocycles. The maximum Gasteiger partial charge on any atom is 0.126 e. The molecule has 0 spiro atoms. The van der Waals surface area contributed by atoms with Crippen LogP contribution < -0.4 is 11.3 Å². The van der Waals surface area contributed by atoms with Crippen molar-refractivity contribution in [2.45, 2.75) is 38.8 Å². The van der Waals surface area contributed by atoms with Crippen LogP contribution in [0.5, 0.6) is 0 Å². The van der Waals surface area contributed by atoms with E-state index in [0.29, 0.717) is 6.61 Å². The van der Waals surface area contributed by atoms with Crippen LogP contribution in [0.3, 0.4) is 0 Å². The minimum Gasteiger partial charge on any atom is -0.374 e. The van der Waals surface area contributed by atoms with Crippen LogP contribution in [0.25, 0.3) is 0 Å². The van der Waals surface area contributed by atoms with Gasteiger partial charge in [0.2, 0.25) is 0 Å². The summed E-state index contributed by atoms with van der Waals surface area (Å²) in [7, 11) is 0. The zero-order valence-electron chi connectivity index (χ0n) is 11.0. The fourth-order valence-electron chi connectivity index (χ4n) is 1.90. The highest BCUT2D eigenvalue weighted by Crippen LogP contribution is 2.20. The molecule has 0 aliphatic rings. The predicted octanol–water partition coefficient (Wildman–Crippen LogP) is 2.15. The van der Waals surface area contributed by atoms with Crippen molar-refractivity contribution >= 4 is 0 Å². The quantitative estimate of drug-likeness (QED) is 0.607. The summed E-state index contributed by atoms with van der Waals surface area (Å²) < 4.78 is 32.2. The maximum atomic E-state index is 13.6. The summed E-state index contributed by atoms with van der Waals surface area (Å²) >= 11 is 0. The van der Waals surface area contributed by atoms with E-state index in [1.165, 1.54) is 6.07 Å². The topological polar surface area (TPSA) is 47.3 Å². The number of hydrogen-bond donors (Lipinski definition) is 2. The van der Waals surface area contributed by atoms with Gasteiger partial charge in [0.15, 0.2) is 0 Å². The molecule has 0 saturated heterocycles. The molecule has 1 atom stereocenters. The van der Waals surface area contributed by atoms with E-state index in [2.05, 4.69) is 5.43 Å². The third kappa shape index (κ3) is 3.73. The van der Waals surface area contributed by atoms with Crippen LogP contribution >= 0.6 is 0 Å². The highest BCUT2D eigenvalue weighted by atomic mass is 19.1. The normalized spacial score (nSPS) is 13.7. The molecule has 102 valence electrons. The number of halogens is 2. The molecular weight excluding hydrogens is 238 g/mol. The third-order valence-electron chi connectivity index (χ3n) is 2.99. The summed E-state index contributed by atoms with van der Waals surface area (Å²) in [5.41, 5.74) is 2.32. The number of ether oxygens (including phenoxy) is 1. The van der Waals surface area contributed by atoms with Crippen molar-refractivity contribution < 1.29 is 13.5 Å². The van der Waals surface area contributed by atoms with Crippen LogP contribution in [-0.4, -0.2) is 18.2 Å². The van der Waals surface area contributed by atoms with Crippen molar-refractivity contribution in [2.75, 3.05) is 6.61 Å². The predicted molar refractivity (Wildman–Crippen MR) is 66.9 cm³/mol. The monoisotopic (exact) mass is 258 g/mol. The lowest BCUT2D eigenvalue weighted by atomic mass is 9.92. The Balaban J connectivity index is 2.89. The Morgan fingerprint density at radius 1 is 1.39 bits per heavy atom. The van der Waals surface area contributed by atoms with Crippen LogP contribution in [0.15, 0.2) is 18.2 Å². The Hall–Kier alpha value is -1.04. The van der Waals surface area contributed by atoms with Gasteiger partial charge in [-0.2, -0.15) is 0 Å². The molecule has 0 bridgehead atoms. The van der Waals surface area contributed by atoms with Gasteiger partial charge in [-0.1, -0.05) is 0 Å². The molecule has 0 aliphatic heterocycles. The molecule has 0 amide bonds. The number of hydrogen-bond acceptors (Lipinski definition) is 3. The van der Waals surface area contributed by atoms with E-state index in [9.17, 15) is 8.78 Å². The summed E-state index contributed by atoms with van der Waals surface area (Å²) in [6.45, 7) is 6.12. The third-order valence-corrected chi connectivity index (χ3v) is 2.99. The van der Waals surface area contributed by atoms with Gasteiger partial charge < -0.3 is 4.74 Å². The van der Waals surface area contributed by atoms with E-state index in [1.54, 1.807) is 0 Å². The summed E-state index contributed by atoms with van der Waals surface area (Å²) in [4.78, 5) is 0. The van der Waals surface area contributed by atoms with Gasteiger partial charge in [0.05, 0.1) is 11.6 Å². The molecule has 1 unspecified atom stereocenters. The van der Waals surface area contributed by atoms with E-state index in [0.717, 1.165) is 12.1 Å². The van der Waals surface area contributed by atoms with Crippen molar-refractivity contribution in [3.8, 4) is 0 Å². The van der Waals surface area contributed by atoms with Crippen molar-refractivity contribution in [1.82, 2.24) is 5.43 Å². The molecule has 0 aromatic heterocycles.